The monoisotopic (exact) mass is 297 g/mol. The summed E-state index contributed by atoms with van der Waals surface area (Å²) in [5, 5.41) is 7.51. The van der Waals surface area contributed by atoms with E-state index < -0.39 is 0 Å². The van der Waals surface area contributed by atoms with E-state index in [1.807, 2.05) is 24.6 Å². The third-order valence-electron chi connectivity index (χ3n) is 4.61. The second-order valence-electron chi connectivity index (χ2n) is 6.07. The van der Waals surface area contributed by atoms with Crippen LogP contribution >= 0.6 is 0 Å². The normalized spacial score (nSPS) is 18.5. The summed E-state index contributed by atoms with van der Waals surface area (Å²) < 4.78 is 1.97. The molecule has 2 atom stereocenters. The van der Waals surface area contributed by atoms with E-state index in [1.165, 1.54) is 11.1 Å². The molecule has 2 aromatic rings. The predicted octanol–water partition coefficient (Wildman–Crippen LogP) is 3.79. The van der Waals surface area contributed by atoms with Gasteiger partial charge in [-0.15, -0.1) is 0 Å². The Morgan fingerprint density at radius 1 is 1.41 bits per heavy atom. The van der Waals surface area contributed by atoms with Crippen molar-refractivity contribution in [2.45, 2.75) is 45.6 Å². The Morgan fingerprint density at radius 2 is 2.23 bits per heavy atom. The molecule has 1 aliphatic carbocycles. The van der Waals surface area contributed by atoms with Crippen molar-refractivity contribution in [1.82, 2.24) is 9.78 Å². The molecule has 1 aliphatic rings. The zero-order valence-corrected chi connectivity index (χ0v) is 13.2. The average Bonchev–Trinajstić information content (AvgIpc) is 3.01. The zero-order valence-electron chi connectivity index (χ0n) is 13.2. The first-order chi connectivity index (χ1) is 10.7. The van der Waals surface area contributed by atoms with Crippen molar-refractivity contribution < 1.29 is 4.79 Å². The number of nitrogens with one attached hydrogen (secondary N) is 1. The Balaban J connectivity index is 1.88. The molecule has 0 saturated carbocycles. The summed E-state index contributed by atoms with van der Waals surface area (Å²) in [6, 6.07) is 10.7. The number of anilines is 1. The summed E-state index contributed by atoms with van der Waals surface area (Å²) in [4.78, 5) is 12.2. The molecular weight excluding hydrogens is 274 g/mol. The SMILES string of the molecule is CC[C@H](C)C(=O)Nc1ccnn1[C@H]1CCCc2ccccc21. The Labute approximate surface area is 131 Å². The highest BCUT2D eigenvalue weighted by Gasteiger charge is 2.24. The number of fused-ring (bicyclic) bond motifs is 1. The van der Waals surface area contributed by atoms with Gasteiger partial charge in [-0.2, -0.15) is 5.10 Å². The van der Waals surface area contributed by atoms with Crippen LogP contribution < -0.4 is 5.32 Å². The molecule has 0 radical (unpaired) electrons. The van der Waals surface area contributed by atoms with Crippen molar-refractivity contribution in [3.05, 3.63) is 47.7 Å². The lowest BCUT2D eigenvalue weighted by atomic mass is 9.88. The van der Waals surface area contributed by atoms with E-state index in [2.05, 4.69) is 34.7 Å². The number of carbonyl (C=O) groups is 1. The van der Waals surface area contributed by atoms with Gasteiger partial charge in [0.1, 0.15) is 5.82 Å². The lowest BCUT2D eigenvalue weighted by molar-refractivity contribution is -0.119. The number of carbonyl (C=O) groups excluding carboxylic acids is 1. The number of amides is 1. The summed E-state index contributed by atoms with van der Waals surface area (Å²) in [6.07, 6.45) is 5.95. The zero-order chi connectivity index (χ0) is 15.5. The van der Waals surface area contributed by atoms with Crippen LogP contribution in [-0.2, 0) is 11.2 Å². The Kier molecular flexibility index (Phi) is 4.27. The van der Waals surface area contributed by atoms with Crippen molar-refractivity contribution in [3.8, 4) is 0 Å². The first-order valence-corrected chi connectivity index (χ1v) is 8.13. The third-order valence-corrected chi connectivity index (χ3v) is 4.61. The molecule has 4 heteroatoms. The second kappa shape index (κ2) is 6.34. The van der Waals surface area contributed by atoms with Gasteiger partial charge in [0.25, 0.3) is 0 Å². The molecule has 116 valence electrons. The van der Waals surface area contributed by atoms with E-state index in [9.17, 15) is 4.79 Å². The van der Waals surface area contributed by atoms with Crippen LogP contribution in [0.25, 0.3) is 0 Å². The number of aryl methyl sites for hydroxylation is 1. The van der Waals surface area contributed by atoms with Crippen LogP contribution in [-0.4, -0.2) is 15.7 Å². The van der Waals surface area contributed by atoms with Gasteiger partial charge in [0.15, 0.2) is 0 Å². The fourth-order valence-electron chi connectivity index (χ4n) is 3.08. The van der Waals surface area contributed by atoms with E-state index in [0.29, 0.717) is 0 Å². The molecule has 1 aromatic heterocycles. The molecule has 3 rings (SSSR count). The number of nitrogens with zero attached hydrogens (tertiary/aromatic N) is 2. The summed E-state index contributed by atoms with van der Waals surface area (Å²) in [5.74, 6) is 0.877. The minimum Gasteiger partial charge on any atom is -0.311 e. The highest BCUT2D eigenvalue weighted by atomic mass is 16.2. The smallest absolute Gasteiger partial charge is 0.228 e. The molecule has 1 aromatic carbocycles. The Hall–Kier alpha value is -2.10. The maximum absolute atomic E-state index is 12.2. The molecule has 1 N–H and O–H groups in total. The topological polar surface area (TPSA) is 46.9 Å². The molecule has 1 amide bonds. The van der Waals surface area contributed by atoms with Gasteiger partial charge in [-0.25, -0.2) is 4.68 Å². The quantitative estimate of drug-likeness (QED) is 0.933. The fraction of sp³-hybridized carbons (Fsp3) is 0.444. The van der Waals surface area contributed by atoms with E-state index in [1.54, 1.807) is 6.20 Å². The van der Waals surface area contributed by atoms with Crippen molar-refractivity contribution >= 4 is 11.7 Å². The van der Waals surface area contributed by atoms with Gasteiger partial charge >= 0.3 is 0 Å². The first-order valence-electron chi connectivity index (χ1n) is 8.13. The van der Waals surface area contributed by atoms with Crippen LogP contribution in [0.2, 0.25) is 0 Å². The molecule has 0 saturated heterocycles. The molecule has 0 bridgehead atoms. The number of hydrogen-bond acceptors (Lipinski definition) is 2. The highest BCUT2D eigenvalue weighted by molar-refractivity contribution is 5.91. The molecule has 0 fully saturated rings. The maximum Gasteiger partial charge on any atom is 0.228 e. The summed E-state index contributed by atoms with van der Waals surface area (Å²) in [6.45, 7) is 3.98. The Morgan fingerprint density at radius 3 is 3.05 bits per heavy atom. The van der Waals surface area contributed by atoms with E-state index >= 15 is 0 Å². The van der Waals surface area contributed by atoms with Gasteiger partial charge < -0.3 is 5.32 Å². The van der Waals surface area contributed by atoms with Crippen molar-refractivity contribution in [2.24, 2.45) is 5.92 Å². The molecule has 4 nitrogen and oxygen atoms in total. The fourth-order valence-corrected chi connectivity index (χ4v) is 3.08. The van der Waals surface area contributed by atoms with Gasteiger partial charge in [0, 0.05) is 12.0 Å². The van der Waals surface area contributed by atoms with Gasteiger partial charge in [-0.05, 0) is 36.8 Å². The second-order valence-corrected chi connectivity index (χ2v) is 6.07. The van der Waals surface area contributed by atoms with E-state index in [-0.39, 0.29) is 17.9 Å². The van der Waals surface area contributed by atoms with Crippen LogP contribution in [0.1, 0.15) is 50.3 Å². The molecular formula is C18H23N3O. The van der Waals surface area contributed by atoms with Crippen LogP contribution in [0.15, 0.2) is 36.5 Å². The lowest BCUT2D eigenvalue weighted by Crippen LogP contribution is -2.25. The van der Waals surface area contributed by atoms with Crippen LogP contribution in [0.4, 0.5) is 5.82 Å². The van der Waals surface area contributed by atoms with Gasteiger partial charge in [-0.3, -0.25) is 4.79 Å². The number of benzene rings is 1. The van der Waals surface area contributed by atoms with Crippen LogP contribution in [0.3, 0.4) is 0 Å². The number of aromatic nitrogens is 2. The van der Waals surface area contributed by atoms with Crippen molar-refractivity contribution in [3.63, 3.8) is 0 Å². The standard InChI is InChI=1S/C18H23N3O/c1-3-13(2)18(22)20-17-11-12-19-21(17)16-10-6-8-14-7-4-5-9-15(14)16/h4-5,7,9,11-13,16H,3,6,8,10H2,1-2H3,(H,20,22)/t13-,16-/m0/s1. The molecule has 0 aliphatic heterocycles. The molecule has 1 heterocycles. The summed E-state index contributed by atoms with van der Waals surface area (Å²) in [7, 11) is 0. The third kappa shape index (κ3) is 2.78. The van der Waals surface area contributed by atoms with Crippen LogP contribution in [0, 0.1) is 5.92 Å². The predicted molar refractivity (Wildman–Crippen MR) is 87.8 cm³/mol. The minimum absolute atomic E-state index is 0.0157. The number of rotatable bonds is 4. The Bertz CT molecular complexity index is 662. The van der Waals surface area contributed by atoms with E-state index in [0.717, 1.165) is 31.5 Å². The molecule has 0 unspecified atom stereocenters. The maximum atomic E-state index is 12.2. The summed E-state index contributed by atoms with van der Waals surface area (Å²) >= 11 is 0. The van der Waals surface area contributed by atoms with Gasteiger partial charge in [0.05, 0.1) is 12.2 Å². The van der Waals surface area contributed by atoms with Gasteiger partial charge in [0.2, 0.25) is 5.91 Å². The molecule has 22 heavy (non-hydrogen) atoms. The van der Waals surface area contributed by atoms with E-state index in [4.69, 9.17) is 0 Å². The minimum atomic E-state index is 0.0157. The first kappa shape index (κ1) is 14.8. The number of hydrogen-bond donors (Lipinski definition) is 1. The average molecular weight is 297 g/mol. The largest absolute Gasteiger partial charge is 0.311 e. The lowest BCUT2D eigenvalue weighted by Gasteiger charge is -2.27. The summed E-state index contributed by atoms with van der Waals surface area (Å²) in [5.41, 5.74) is 2.73. The van der Waals surface area contributed by atoms with Crippen molar-refractivity contribution in [1.29, 1.82) is 0 Å². The highest BCUT2D eigenvalue weighted by Crippen LogP contribution is 2.34. The van der Waals surface area contributed by atoms with Crippen molar-refractivity contribution in [2.75, 3.05) is 5.32 Å². The van der Waals surface area contributed by atoms with Gasteiger partial charge in [-0.1, -0.05) is 38.1 Å². The molecule has 0 spiro atoms. The van der Waals surface area contributed by atoms with Crippen LogP contribution in [0.5, 0.6) is 0 Å².